The summed E-state index contributed by atoms with van der Waals surface area (Å²) in [5, 5.41) is 4.43. The summed E-state index contributed by atoms with van der Waals surface area (Å²) in [7, 11) is 2.89. The second-order valence-corrected chi connectivity index (χ2v) is 7.67. The second kappa shape index (κ2) is 11.9. The van der Waals surface area contributed by atoms with Gasteiger partial charge in [-0.05, 0) is 42.5 Å². The first-order valence-corrected chi connectivity index (χ1v) is 10.7. The van der Waals surface area contributed by atoms with Gasteiger partial charge >= 0.3 is 6.09 Å². The Labute approximate surface area is 188 Å². The minimum absolute atomic E-state index is 0.129. The lowest BCUT2D eigenvalue weighted by Gasteiger charge is -2.22. The number of anilines is 1. The summed E-state index contributed by atoms with van der Waals surface area (Å²) in [6.45, 7) is 1.10. The van der Waals surface area contributed by atoms with Crippen molar-refractivity contribution in [3.63, 3.8) is 0 Å². The standard InChI is InChI=1S/C24H30N4O4/c1-27(31-2)23(29)17-28(24(30)32-18-20-8-4-3-5-9-20)15-7-11-21-10-6-12-22(26-21)25-16-19-13-14-19/h3-12,19H,13-18H2,1-2H3,(H,25,26). The largest absolute Gasteiger partial charge is 0.445 e. The average Bonchev–Trinajstić information content (AvgIpc) is 3.65. The van der Waals surface area contributed by atoms with Crippen LogP contribution in [0.1, 0.15) is 24.1 Å². The fourth-order valence-electron chi connectivity index (χ4n) is 2.89. The average molecular weight is 439 g/mol. The topological polar surface area (TPSA) is 84.0 Å². The molecule has 1 N–H and O–H groups in total. The molecule has 0 spiro atoms. The number of ether oxygens (including phenoxy) is 1. The monoisotopic (exact) mass is 438 g/mol. The fraction of sp³-hybridized carbons (Fsp3) is 0.375. The van der Waals surface area contributed by atoms with E-state index in [2.05, 4.69) is 10.3 Å². The first kappa shape index (κ1) is 23.3. The molecule has 0 aliphatic heterocycles. The quantitative estimate of drug-likeness (QED) is 0.540. The number of hydroxylamine groups is 2. The molecule has 0 radical (unpaired) electrons. The van der Waals surface area contributed by atoms with Gasteiger partial charge in [0.2, 0.25) is 0 Å². The molecule has 8 nitrogen and oxygen atoms in total. The Kier molecular flexibility index (Phi) is 8.62. The Balaban J connectivity index is 1.59. The van der Waals surface area contributed by atoms with Crippen LogP contribution in [0.2, 0.25) is 0 Å². The fourth-order valence-corrected chi connectivity index (χ4v) is 2.89. The number of nitrogens with one attached hydrogen (secondary N) is 1. The maximum Gasteiger partial charge on any atom is 0.410 e. The van der Waals surface area contributed by atoms with Gasteiger partial charge in [0.15, 0.2) is 0 Å². The minimum atomic E-state index is -0.579. The van der Waals surface area contributed by atoms with E-state index in [1.165, 1.54) is 31.9 Å². The van der Waals surface area contributed by atoms with Crippen LogP contribution in [-0.2, 0) is 21.0 Å². The number of rotatable bonds is 11. The van der Waals surface area contributed by atoms with Gasteiger partial charge in [-0.2, -0.15) is 0 Å². The van der Waals surface area contributed by atoms with E-state index >= 15 is 0 Å². The molecule has 1 fully saturated rings. The lowest BCUT2D eigenvalue weighted by molar-refractivity contribution is -0.169. The second-order valence-electron chi connectivity index (χ2n) is 7.67. The smallest absolute Gasteiger partial charge is 0.410 e. The van der Waals surface area contributed by atoms with E-state index in [4.69, 9.17) is 9.57 Å². The number of hydrogen-bond donors (Lipinski definition) is 1. The highest BCUT2D eigenvalue weighted by Gasteiger charge is 2.21. The van der Waals surface area contributed by atoms with E-state index in [-0.39, 0.29) is 25.6 Å². The van der Waals surface area contributed by atoms with Crippen molar-refractivity contribution in [3.8, 4) is 0 Å². The number of carbonyl (C=O) groups excluding carboxylic acids is 2. The Hall–Kier alpha value is -3.39. The Morgan fingerprint density at radius 2 is 1.94 bits per heavy atom. The summed E-state index contributed by atoms with van der Waals surface area (Å²) >= 11 is 0. The van der Waals surface area contributed by atoms with Crippen LogP contribution in [-0.4, -0.2) is 60.7 Å². The van der Waals surface area contributed by atoms with Crippen molar-refractivity contribution >= 4 is 23.9 Å². The summed E-state index contributed by atoms with van der Waals surface area (Å²) in [6.07, 6.45) is 5.59. The van der Waals surface area contributed by atoms with Crippen molar-refractivity contribution in [2.75, 3.05) is 39.1 Å². The van der Waals surface area contributed by atoms with Gasteiger partial charge in [0, 0.05) is 20.1 Å². The molecule has 3 rings (SSSR count). The first-order chi connectivity index (χ1) is 15.5. The molecule has 0 saturated heterocycles. The number of aromatic nitrogens is 1. The van der Waals surface area contributed by atoms with Crippen molar-refractivity contribution in [3.05, 3.63) is 65.9 Å². The number of hydrogen-bond acceptors (Lipinski definition) is 6. The van der Waals surface area contributed by atoms with Gasteiger partial charge < -0.3 is 10.1 Å². The lowest BCUT2D eigenvalue weighted by Crippen LogP contribution is -2.41. The van der Waals surface area contributed by atoms with Crippen molar-refractivity contribution in [2.24, 2.45) is 5.92 Å². The third-order valence-electron chi connectivity index (χ3n) is 5.07. The summed E-state index contributed by atoms with van der Waals surface area (Å²) in [5.74, 6) is 1.23. The van der Waals surface area contributed by atoms with Crippen LogP contribution in [0.25, 0.3) is 6.08 Å². The number of pyridine rings is 1. The third-order valence-corrected chi connectivity index (χ3v) is 5.07. The molecule has 2 amide bonds. The number of carbonyl (C=O) groups is 2. The van der Waals surface area contributed by atoms with Gasteiger partial charge in [-0.15, -0.1) is 0 Å². The Morgan fingerprint density at radius 3 is 2.66 bits per heavy atom. The molecule has 0 bridgehead atoms. The molecular weight excluding hydrogens is 408 g/mol. The van der Waals surface area contributed by atoms with Crippen LogP contribution in [0.15, 0.2) is 54.6 Å². The van der Waals surface area contributed by atoms with Crippen LogP contribution in [0.5, 0.6) is 0 Å². The third kappa shape index (κ3) is 7.70. The zero-order chi connectivity index (χ0) is 22.8. The van der Waals surface area contributed by atoms with Crippen LogP contribution < -0.4 is 5.32 Å². The predicted molar refractivity (Wildman–Crippen MR) is 122 cm³/mol. The molecule has 2 aromatic rings. The molecule has 1 aromatic carbocycles. The van der Waals surface area contributed by atoms with E-state index in [1.54, 1.807) is 6.08 Å². The van der Waals surface area contributed by atoms with Gasteiger partial charge in [0.05, 0.1) is 12.8 Å². The summed E-state index contributed by atoms with van der Waals surface area (Å²) in [5.41, 5.74) is 1.64. The van der Waals surface area contributed by atoms with Gasteiger partial charge in [-0.25, -0.2) is 14.8 Å². The van der Waals surface area contributed by atoms with E-state index in [0.29, 0.717) is 0 Å². The number of likely N-dealkylation sites (N-methyl/N-ethyl adjacent to an activating group) is 1. The predicted octanol–water partition coefficient (Wildman–Crippen LogP) is 3.58. The van der Waals surface area contributed by atoms with Crippen LogP contribution in [0, 0.1) is 5.92 Å². The van der Waals surface area contributed by atoms with Crippen molar-refractivity contribution < 1.29 is 19.2 Å². The van der Waals surface area contributed by atoms with E-state index in [1.807, 2.05) is 54.6 Å². The van der Waals surface area contributed by atoms with Crippen molar-refractivity contribution in [2.45, 2.75) is 19.4 Å². The maximum atomic E-state index is 12.6. The normalized spacial score (nSPS) is 13.1. The summed E-state index contributed by atoms with van der Waals surface area (Å²) in [6, 6.07) is 15.2. The minimum Gasteiger partial charge on any atom is -0.445 e. The molecule has 0 atom stereocenters. The van der Waals surface area contributed by atoms with Crippen LogP contribution >= 0.6 is 0 Å². The molecule has 32 heavy (non-hydrogen) atoms. The van der Waals surface area contributed by atoms with Crippen LogP contribution in [0.3, 0.4) is 0 Å². The number of benzene rings is 1. The first-order valence-electron chi connectivity index (χ1n) is 10.7. The van der Waals surface area contributed by atoms with Crippen molar-refractivity contribution in [1.82, 2.24) is 14.9 Å². The highest BCUT2D eigenvalue weighted by Crippen LogP contribution is 2.28. The zero-order valence-electron chi connectivity index (χ0n) is 18.6. The molecule has 1 heterocycles. The Morgan fingerprint density at radius 1 is 1.16 bits per heavy atom. The van der Waals surface area contributed by atoms with Gasteiger partial charge in [0.25, 0.3) is 5.91 Å². The maximum absolute atomic E-state index is 12.6. The van der Waals surface area contributed by atoms with E-state index in [9.17, 15) is 9.59 Å². The summed E-state index contributed by atoms with van der Waals surface area (Å²) < 4.78 is 5.40. The molecular formula is C24H30N4O4. The highest BCUT2D eigenvalue weighted by molar-refractivity contribution is 5.81. The molecule has 8 heteroatoms. The molecule has 1 aliphatic carbocycles. The Bertz CT molecular complexity index is 915. The van der Waals surface area contributed by atoms with Gasteiger partial charge in [-0.3, -0.25) is 14.5 Å². The SMILES string of the molecule is CON(C)C(=O)CN(CC=Cc1cccc(NCC2CC2)n1)C(=O)OCc1ccccc1. The van der Waals surface area contributed by atoms with E-state index in [0.717, 1.165) is 34.6 Å². The molecule has 0 unspecified atom stereocenters. The van der Waals surface area contributed by atoms with Gasteiger partial charge in [0.1, 0.15) is 19.0 Å². The zero-order valence-corrected chi connectivity index (χ0v) is 18.6. The number of nitrogens with zero attached hydrogens (tertiary/aromatic N) is 3. The highest BCUT2D eigenvalue weighted by atomic mass is 16.7. The van der Waals surface area contributed by atoms with E-state index < -0.39 is 6.09 Å². The molecule has 1 aliphatic rings. The lowest BCUT2D eigenvalue weighted by atomic mass is 10.2. The summed E-state index contributed by atoms with van der Waals surface area (Å²) in [4.78, 5) is 35.7. The van der Waals surface area contributed by atoms with Crippen molar-refractivity contribution in [1.29, 1.82) is 0 Å². The molecule has 1 saturated carbocycles. The molecule has 170 valence electrons. The molecule has 1 aromatic heterocycles. The number of amides is 2. The van der Waals surface area contributed by atoms with Gasteiger partial charge in [-0.1, -0.05) is 42.5 Å². The van der Waals surface area contributed by atoms with Crippen LogP contribution in [0.4, 0.5) is 10.6 Å².